The minimum absolute atomic E-state index is 0.142. The lowest BCUT2D eigenvalue weighted by molar-refractivity contribution is 0.451. The average Bonchev–Trinajstić information content (AvgIpc) is 2.38. The molecule has 0 atom stereocenters. The summed E-state index contributed by atoms with van der Waals surface area (Å²) in [6.07, 6.45) is 1.36. The molecule has 5 heteroatoms. The van der Waals surface area contributed by atoms with Crippen molar-refractivity contribution in [1.82, 2.24) is 9.97 Å². The zero-order valence-electron chi connectivity index (χ0n) is 10.6. The third kappa shape index (κ3) is 3.01. The molecule has 0 N–H and O–H groups in total. The summed E-state index contributed by atoms with van der Waals surface area (Å²) in [6, 6.07) is 8.95. The molecule has 4 nitrogen and oxygen atoms in total. The van der Waals surface area contributed by atoms with Gasteiger partial charge in [-0.15, -0.1) is 0 Å². The zero-order chi connectivity index (χ0) is 13.8. The number of halogens is 1. The van der Waals surface area contributed by atoms with Crippen molar-refractivity contribution in [2.75, 3.05) is 0 Å². The fraction of sp³-hybridized carbons (Fsp3) is 0.214. The van der Waals surface area contributed by atoms with Crippen LogP contribution in [0.1, 0.15) is 30.9 Å². The molecule has 0 saturated heterocycles. The number of rotatable bonds is 3. The molecule has 0 aliphatic carbocycles. The van der Waals surface area contributed by atoms with Crippen molar-refractivity contribution < 1.29 is 4.74 Å². The molecule has 1 heterocycles. The first kappa shape index (κ1) is 13.3. The molecule has 0 amide bonds. The molecule has 0 radical (unpaired) electrons. The molecular weight excluding hydrogens is 262 g/mol. The van der Waals surface area contributed by atoms with Crippen LogP contribution in [0.4, 0.5) is 0 Å². The maximum Gasteiger partial charge on any atom is 0.227 e. The van der Waals surface area contributed by atoms with Crippen molar-refractivity contribution in [3.63, 3.8) is 0 Å². The first-order valence-electron chi connectivity index (χ1n) is 5.80. The van der Waals surface area contributed by atoms with Crippen molar-refractivity contribution in [3.8, 4) is 17.7 Å². The number of aromatic nitrogens is 2. The van der Waals surface area contributed by atoms with Crippen LogP contribution in [0.2, 0.25) is 5.15 Å². The minimum Gasteiger partial charge on any atom is -0.439 e. The molecule has 0 unspecified atom stereocenters. The fourth-order valence-electron chi connectivity index (χ4n) is 1.67. The van der Waals surface area contributed by atoms with Gasteiger partial charge in [-0.25, -0.2) is 9.97 Å². The number of nitriles is 1. The van der Waals surface area contributed by atoms with E-state index in [-0.39, 0.29) is 5.92 Å². The van der Waals surface area contributed by atoms with Gasteiger partial charge >= 0.3 is 0 Å². The molecule has 0 bridgehead atoms. The molecule has 1 aromatic carbocycles. The van der Waals surface area contributed by atoms with Gasteiger partial charge in [-0.1, -0.05) is 31.5 Å². The first-order chi connectivity index (χ1) is 9.11. The summed E-state index contributed by atoms with van der Waals surface area (Å²) in [5.41, 5.74) is 1.29. The summed E-state index contributed by atoms with van der Waals surface area (Å²) in [5, 5.41) is 9.25. The highest BCUT2D eigenvalue weighted by Crippen LogP contribution is 2.32. The van der Waals surface area contributed by atoms with Crippen LogP contribution in [-0.2, 0) is 0 Å². The lowest BCUT2D eigenvalue weighted by atomic mass is 10.1. The number of ether oxygens (including phenoxy) is 1. The normalized spacial score (nSPS) is 10.3. The Hall–Kier alpha value is -2.12. The Kier molecular flexibility index (Phi) is 3.98. The Morgan fingerprint density at radius 1 is 1.32 bits per heavy atom. The van der Waals surface area contributed by atoms with Gasteiger partial charge in [0.15, 0.2) is 0 Å². The van der Waals surface area contributed by atoms with Crippen molar-refractivity contribution in [3.05, 3.63) is 46.9 Å². The molecule has 0 saturated carbocycles. The SMILES string of the molecule is CC(C)c1c(Cl)ncnc1Oc1cccc(C#N)c1. The topological polar surface area (TPSA) is 58.8 Å². The van der Waals surface area contributed by atoms with Gasteiger partial charge in [-0.2, -0.15) is 5.26 Å². The molecule has 0 aliphatic heterocycles. The van der Waals surface area contributed by atoms with Crippen LogP contribution >= 0.6 is 11.6 Å². The standard InChI is InChI=1S/C14H12ClN3O/c1-9(2)12-13(15)17-8-18-14(12)19-11-5-3-4-10(6-11)7-16/h3-6,8-9H,1-2H3. The van der Waals surface area contributed by atoms with Gasteiger partial charge in [-0.3, -0.25) is 0 Å². The Balaban J connectivity index is 2.38. The third-order valence-electron chi connectivity index (χ3n) is 2.55. The van der Waals surface area contributed by atoms with E-state index in [1.165, 1.54) is 6.33 Å². The van der Waals surface area contributed by atoms with Crippen LogP contribution in [-0.4, -0.2) is 9.97 Å². The van der Waals surface area contributed by atoms with Crippen molar-refractivity contribution in [1.29, 1.82) is 5.26 Å². The molecule has 0 aliphatic rings. The lowest BCUT2D eigenvalue weighted by Crippen LogP contribution is -1.99. The van der Waals surface area contributed by atoms with Crippen LogP contribution in [0.5, 0.6) is 11.6 Å². The Bertz CT molecular complexity index is 635. The average molecular weight is 274 g/mol. The van der Waals surface area contributed by atoms with E-state index in [1.807, 2.05) is 13.8 Å². The highest BCUT2D eigenvalue weighted by atomic mass is 35.5. The number of nitrogens with zero attached hydrogens (tertiary/aromatic N) is 3. The molecule has 0 fully saturated rings. The van der Waals surface area contributed by atoms with Crippen LogP contribution in [0.15, 0.2) is 30.6 Å². The summed E-state index contributed by atoms with van der Waals surface area (Å²) in [4.78, 5) is 8.07. The highest BCUT2D eigenvalue weighted by molar-refractivity contribution is 6.30. The van der Waals surface area contributed by atoms with Gasteiger partial charge in [0.25, 0.3) is 0 Å². The molecular formula is C14H12ClN3O. The van der Waals surface area contributed by atoms with Crippen LogP contribution in [0.3, 0.4) is 0 Å². The van der Waals surface area contributed by atoms with Crippen LogP contribution < -0.4 is 4.74 Å². The zero-order valence-corrected chi connectivity index (χ0v) is 11.3. The lowest BCUT2D eigenvalue weighted by Gasteiger charge is -2.13. The molecule has 2 rings (SSSR count). The fourth-order valence-corrected chi connectivity index (χ4v) is 2.01. The first-order valence-corrected chi connectivity index (χ1v) is 6.18. The van der Waals surface area contributed by atoms with Gasteiger partial charge in [0.1, 0.15) is 17.2 Å². The smallest absolute Gasteiger partial charge is 0.227 e. The van der Waals surface area contributed by atoms with E-state index < -0.39 is 0 Å². The second-order valence-electron chi connectivity index (χ2n) is 4.28. The highest BCUT2D eigenvalue weighted by Gasteiger charge is 2.15. The number of benzene rings is 1. The molecule has 0 spiro atoms. The van der Waals surface area contributed by atoms with E-state index in [0.717, 1.165) is 5.56 Å². The minimum atomic E-state index is 0.142. The van der Waals surface area contributed by atoms with Crippen LogP contribution in [0.25, 0.3) is 0 Å². The van der Waals surface area contributed by atoms with E-state index in [0.29, 0.717) is 22.3 Å². The van der Waals surface area contributed by atoms with Gasteiger partial charge < -0.3 is 4.74 Å². The van der Waals surface area contributed by atoms with E-state index >= 15 is 0 Å². The second kappa shape index (κ2) is 5.68. The summed E-state index contributed by atoms with van der Waals surface area (Å²) in [6.45, 7) is 3.98. The van der Waals surface area contributed by atoms with Gasteiger partial charge in [0, 0.05) is 0 Å². The Morgan fingerprint density at radius 3 is 2.79 bits per heavy atom. The molecule has 1 aromatic heterocycles. The second-order valence-corrected chi connectivity index (χ2v) is 4.64. The maximum absolute atomic E-state index is 8.86. The summed E-state index contributed by atoms with van der Waals surface area (Å²) < 4.78 is 5.71. The maximum atomic E-state index is 8.86. The van der Waals surface area contributed by atoms with Crippen molar-refractivity contribution in [2.24, 2.45) is 0 Å². The third-order valence-corrected chi connectivity index (χ3v) is 2.85. The van der Waals surface area contributed by atoms with Crippen molar-refractivity contribution >= 4 is 11.6 Å². The predicted molar refractivity (Wildman–Crippen MR) is 72.4 cm³/mol. The van der Waals surface area contributed by atoms with E-state index in [2.05, 4.69) is 16.0 Å². The van der Waals surface area contributed by atoms with Crippen LogP contribution in [0, 0.1) is 11.3 Å². The van der Waals surface area contributed by atoms with Gasteiger partial charge in [-0.05, 0) is 24.1 Å². The quantitative estimate of drug-likeness (QED) is 0.795. The van der Waals surface area contributed by atoms with E-state index in [1.54, 1.807) is 24.3 Å². The van der Waals surface area contributed by atoms with Crippen molar-refractivity contribution in [2.45, 2.75) is 19.8 Å². The summed E-state index contributed by atoms with van der Waals surface area (Å²) in [5.74, 6) is 1.11. The molecule has 19 heavy (non-hydrogen) atoms. The van der Waals surface area contributed by atoms with Gasteiger partial charge in [0.05, 0.1) is 17.2 Å². The Morgan fingerprint density at radius 2 is 2.11 bits per heavy atom. The summed E-state index contributed by atoms with van der Waals surface area (Å²) in [7, 11) is 0. The van der Waals surface area contributed by atoms with Gasteiger partial charge in [0.2, 0.25) is 5.88 Å². The number of hydrogen-bond acceptors (Lipinski definition) is 4. The molecule has 96 valence electrons. The number of hydrogen-bond donors (Lipinski definition) is 0. The largest absolute Gasteiger partial charge is 0.439 e. The summed E-state index contributed by atoms with van der Waals surface area (Å²) >= 11 is 6.07. The van der Waals surface area contributed by atoms with E-state index in [9.17, 15) is 0 Å². The monoisotopic (exact) mass is 273 g/mol. The Labute approximate surface area is 116 Å². The molecule has 2 aromatic rings. The predicted octanol–water partition coefficient (Wildman–Crippen LogP) is 3.92. The van der Waals surface area contributed by atoms with E-state index in [4.69, 9.17) is 21.6 Å².